The fourth-order valence-corrected chi connectivity index (χ4v) is 3.96. The number of anilines is 1. The standard InChI is InChI=1S/C18H17ClN4O2S2/c1-23(2)27(24,25)15-9-7-13(8-10-15)17-12-26-18(21-17)22-20-11-14-5-3-4-6-16(14)19/h3-12H,1-2H3,(H,21,22). The van der Waals surface area contributed by atoms with E-state index in [-0.39, 0.29) is 4.90 Å². The average Bonchev–Trinajstić information content (AvgIpc) is 3.12. The predicted octanol–water partition coefficient (Wildman–Crippen LogP) is 4.16. The third-order valence-corrected chi connectivity index (χ3v) is 6.62. The molecule has 0 saturated carbocycles. The molecule has 0 atom stereocenters. The molecular weight excluding hydrogens is 404 g/mol. The molecule has 0 aliphatic heterocycles. The van der Waals surface area contributed by atoms with Crippen molar-refractivity contribution in [1.29, 1.82) is 0 Å². The van der Waals surface area contributed by atoms with Gasteiger partial charge in [0.15, 0.2) is 0 Å². The molecule has 9 heteroatoms. The van der Waals surface area contributed by atoms with Crippen LogP contribution in [0.3, 0.4) is 0 Å². The minimum Gasteiger partial charge on any atom is -0.253 e. The van der Waals surface area contributed by atoms with Crippen LogP contribution < -0.4 is 5.43 Å². The Labute approximate surface area is 167 Å². The van der Waals surface area contributed by atoms with Gasteiger partial charge < -0.3 is 0 Å². The first kappa shape index (κ1) is 19.5. The number of halogens is 1. The summed E-state index contributed by atoms with van der Waals surface area (Å²) in [6.07, 6.45) is 1.63. The molecule has 0 spiro atoms. The molecule has 0 amide bonds. The van der Waals surface area contributed by atoms with Crippen molar-refractivity contribution in [3.63, 3.8) is 0 Å². The molecule has 0 saturated heterocycles. The molecule has 0 radical (unpaired) electrons. The van der Waals surface area contributed by atoms with Gasteiger partial charge in [0.1, 0.15) is 0 Å². The molecular formula is C18H17ClN4O2S2. The first-order valence-electron chi connectivity index (χ1n) is 7.90. The SMILES string of the molecule is CN(C)S(=O)(=O)c1ccc(-c2csc(NN=Cc3ccccc3Cl)n2)cc1. The van der Waals surface area contributed by atoms with Gasteiger partial charge in [-0.1, -0.05) is 41.9 Å². The van der Waals surface area contributed by atoms with Crippen molar-refractivity contribution >= 4 is 44.3 Å². The number of sulfonamides is 1. The van der Waals surface area contributed by atoms with E-state index in [1.54, 1.807) is 36.5 Å². The summed E-state index contributed by atoms with van der Waals surface area (Å²) in [5, 5.41) is 7.27. The Hall–Kier alpha value is -2.26. The lowest BCUT2D eigenvalue weighted by molar-refractivity contribution is 0.521. The van der Waals surface area contributed by atoms with Crippen molar-refractivity contribution in [3.8, 4) is 11.3 Å². The smallest absolute Gasteiger partial charge is 0.242 e. The Morgan fingerprint density at radius 1 is 1.15 bits per heavy atom. The maximum atomic E-state index is 12.1. The molecule has 3 rings (SSSR count). The summed E-state index contributed by atoms with van der Waals surface area (Å²) >= 11 is 7.48. The van der Waals surface area contributed by atoms with Gasteiger partial charge in [0.2, 0.25) is 15.2 Å². The Morgan fingerprint density at radius 2 is 1.85 bits per heavy atom. The Balaban J connectivity index is 1.71. The fourth-order valence-electron chi connectivity index (χ4n) is 2.20. The maximum Gasteiger partial charge on any atom is 0.242 e. The molecule has 3 aromatic rings. The van der Waals surface area contributed by atoms with Crippen molar-refractivity contribution in [1.82, 2.24) is 9.29 Å². The van der Waals surface area contributed by atoms with Crippen molar-refractivity contribution in [2.75, 3.05) is 19.5 Å². The zero-order chi connectivity index (χ0) is 19.4. The Bertz CT molecular complexity index is 1060. The van der Waals surface area contributed by atoms with Crippen LogP contribution in [0, 0.1) is 0 Å². The molecule has 2 aromatic carbocycles. The van der Waals surface area contributed by atoms with Crippen molar-refractivity contribution in [3.05, 3.63) is 64.5 Å². The number of rotatable bonds is 6. The maximum absolute atomic E-state index is 12.1. The largest absolute Gasteiger partial charge is 0.253 e. The molecule has 0 aliphatic rings. The molecule has 140 valence electrons. The normalized spacial score (nSPS) is 12.0. The van der Waals surface area contributed by atoms with Crippen molar-refractivity contribution in [2.24, 2.45) is 5.10 Å². The van der Waals surface area contributed by atoms with Gasteiger partial charge in [0.05, 0.1) is 16.8 Å². The number of hydrazone groups is 1. The Morgan fingerprint density at radius 3 is 2.52 bits per heavy atom. The molecule has 0 fully saturated rings. The number of hydrogen-bond acceptors (Lipinski definition) is 6. The van der Waals surface area contributed by atoms with Crippen molar-refractivity contribution < 1.29 is 8.42 Å². The third kappa shape index (κ3) is 4.54. The summed E-state index contributed by atoms with van der Waals surface area (Å²) in [4.78, 5) is 4.71. The van der Waals surface area contributed by atoms with Gasteiger partial charge in [0, 0.05) is 35.6 Å². The van der Waals surface area contributed by atoms with E-state index in [0.29, 0.717) is 10.2 Å². The number of benzene rings is 2. The van der Waals surface area contributed by atoms with Crippen LogP contribution in [-0.2, 0) is 10.0 Å². The zero-order valence-electron chi connectivity index (χ0n) is 14.6. The van der Waals surface area contributed by atoms with Crippen LogP contribution in [0.15, 0.2) is 63.9 Å². The number of aromatic nitrogens is 1. The molecule has 27 heavy (non-hydrogen) atoms. The summed E-state index contributed by atoms with van der Waals surface area (Å²) in [6.45, 7) is 0. The highest BCUT2D eigenvalue weighted by Gasteiger charge is 2.17. The van der Waals surface area contributed by atoms with Gasteiger partial charge in [-0.25, -0.2) is 17.7 Å². The van der Waals surface area contributed by atoms with Gasteiger partial charge in [-0.2, -0.15) is 5.10 Å². The van der Waals surface area contributed by atoms with E-state index in [1.807, 2.05) is 23.6 Å². The van der Waals surface area contributed by atoms with E-state index in [1.165, 1.54) is 29.7 Å². The second-order valence-electron chi connectivity index (χ2n) is 5.74. The summed E-state index contributed by atoms with van der Waals surface area (Å²) in [5.41, 5.74) is 5.25. The van der Waals surface area contributed by atoms with E-state index in [9.17, 15) is 8.42 Å². The van der Waals surface area contributed by atoms with Gasteiger partial charge in [0.25, 0.3) is 0 Å². The predicted molar refractivity (Wildman–Crippen MR) is 111 cm³/mol. The van der Waals surface area contributed by atoms with Crippen LogP contribution in [-0.4, -0.2) is 38.0 Å². The molecule has 0 aliphatic carbocycles. The van der Waals surface area contributed by atoms with Gasteiger partial charge in [-0.3, -0.25) is 5.43 Å². The number of nitrogens with zero attached hydrogens (tertiary/aromatic N) is 3. The van der Waals surface area contributed by atoms with E-state index >= 15 is 0 Å². The van der Waals surface area contributed by atoms with Gasteiger partial charge in [-0.05, 0) is 18.2 Å². The van der Waals surface area contributed by atoms with Gasteiger partial charge >= 0.3 is 0 Å². The topological polar surface area (TPSA) is 74.7 Å². The highest BCUT2D eigenvalue weighted by molar-refractivity contribution is 7.89. The number of nitrogens with one attached hydrogen (secondary N) is 1. The van der Waals surface area contributed by atoms with E-state index in [2.05, 4.69) is 15.5 Å². The minimum absolute atomic E-state index is 0.245. The first-order valence-corrected chi connectivity index (χ1v) is 10.6. The fraction of sp³-hybridized carbons (Fsp3) is 0.111. The van der Waals surface area contributed by atoms with Crippen LogP contribution in [0.25, 0.3) is 11.3 Å². The molecule has 0 unspecified atom stereocenters. The van der Waals surface area contributed by atoms with Crippen LogP contribution in [0.1, 0.15) is 5.56 Å². The monoisotopic (exact) mass is 420 g/mol. The van der Waals surface area contributed by atoms with Crippen LogP contribution in [0.5, 0.6) is 0 Å². The first-order chi connectivity index (χ1) is 12.9. The quantitative estimate of drug-likeness (QED) is 0.480. The Kier molecular flexibility index (Phi) is 5.91. The second kappa shape index (κ2) is 8.18. The summed E-state index contributed by atoms with van der Waals surface area (Å²) in [7, 11) is -0.430. The highest BCUT2D eigenvalue weighted by Crippen LogP contribution is 2.26. The van der Waals surface area contributed by atoms with E-state index in [4.69, 9.17) is 11.6 Å². The van der Waals surface area contributed by atoms with Crippen LogP contribution in [0.2, 0.25) is 5.02 Å². The average molecular weight is 421 g/mol. The molecule has 0 bridgehead atoms. The van der Waals surface area contributed by atoms with E-state index in [0.717, 1.165) is 16.8 Å². The van der Waals surface area contributed by atoms with Gasteiger partial charge in [-0.15, -0.1) is 11.3 Å². The molecule has 6 nitrogen and oxygen atoms in total. The third-order valence-electron chi connectivity index (χ3n) is 3.70. The summed E-state index contributed by atoms with van der Waals surface area (Å²) in [5.74, 6) is 0. The number of thiazole rings is 1. The van der Waals surface area contributed by atoms with Crippen LogP contribution in [0.4, 0.5) is 5.13 Å². The lowest BCUT2D eigenvalue weighted by Gasteiger charge is -2.11. The molecule has 1 N–H and O–H groups in total. The van der Waals surface area contributed by atoms with E-state index < -0.39 is 10.0 Å². The summed E-state index contributed by atoms with van der Waals surface area (Å²) in [6, 6.07) is 14.0. The highest BCUT2D eigenvalue weighted by atomic mass is 35.5. The van der Waals surface area contributed by atoms with Crippen molar-refractivity contribution in [2.45, 2.75) is 4.90 Å². The molecule has 1 heterocycles. The second-order valence-corrected chi connectivity index (χ2v) is 9.16. The number of hydrogen-bond donors (Lipinski definition) is 1. The van der Waals surface area contributed by atoms with Crippen LogP contribution >= 0.6 is 22.9 Å². The minimum atomic E-state index is -3.44. The lowest BCUT2D eigenvalue weighted by Crippen LogP contribution is -2.22. The zero-order valence-corrected chi connectivity index (χ0v) is 17.0. The molecule has 1 aromatic heterocycles. The lowest BCUT2D eigenvalue weighted by atomic mass is 10.2. The summed E-state index contributed by atoms with van der Waals surface area (Å²) < 4.78 is 25.4.